The molecule has 3 aromatic carbocycles. The van der Waals surface area contributed by atoms with Crippen molar-refractivity contribution in [3.05, 3.63) is 100.0 Å². The lowest BCUT2D eigenvalue weighted by molar-refractivity contribution is -0.0764. The molecule has 182 valence electrons. The van der Waals surface area contributed by atoms with E-state index in [9.17, 15) is 9.90 Å². The Kier molecular flexibility index (Phi) is 6.09. The van der Waals surface area contributed by atoms with Gasteiger partial charge in [-0.25, -0.2) is 14.1 Å². The number of H-pyrrole nitrogens is 1. The van der Waals surface area contributed by atoms with Gasteiger partial charge in [0, 0.05) is 23.9 Å². The summed E-state index contributed by atoms with van der Waals surface area (Å²) in [5.74, 6) is -0.0746. The first kappa shape index (κ1) is 23.4. The second-order valence-corrected chi connectivity index (χ2v) is 8.39. The summed E-state index contributed by atoms with van der Waals surface area (Å²) < 4.78 is 22.0. The predicted molar refractivity (Wildman–Crippen MR) is 136 cm³/mol. The molecule has 1 atom stereocenters. The topological polar surface area (TPSA) is 105 Å². The first-order valence-electron chi connectivity index (χ1n) is 11.3. The molecule has 5 rings (SSSR count). The molecule has 5 aromatic rings. The van der Waals surface area contributed by atoms with Gasteiger partial charge in [-0.3, -0.25) is 4.79 Å². The minimum Gasteiger partial charge on any atom is -0.364 e. The first-order chi connectivity index (χ1) is 17.4. The van der Waals surface area contributed by atoms with Gasteiger partial charge in [0.05, 0.1) is 23.1 Å². The predicted octanol–water partition coefficient (Wildman–Crippen LogP) is 4.91. The van der Waals surface area contributed by atoms with Gasteiger partial charge in [0.1, 0.15) is 17.2 Å². The molecule has 0 spiro atoms. The lowest BCUT2D eigenvalue weighted by Crippen LogP contribution is -2.09. The number of nitrogens with one attached hydrogen (secondary N) is 2. The quantitative estimate of drug-likeness (QED) is 0.295. The fourth-order valence-corrected chi connectivity index (χ4v) is 4.33. The zero-order chi connectivity index (χ0) is 25.4. The van der Waals surface area contributed by atoms with Gasteiger partial charge in [0.2, 0.25) is 0 Å². The van der Waals surface area contributed by atoms with Gasteiger partial charge in [-0.15, -0.1) is 0 Å². The van der Waals surface area contributed by atoms with Crippen LogP contribution in [0.1, 0.15) is 23.1 Å². The lowest BCUT2D eigenvalue weighted by atomic mass is 10.0. The molecule has 2 aromatic heterocycles. The van der Waals surface area contributed by atoms with Crippen LogP contribution in [0.5, 0.6) is 0 Å². The lowest BCUT2D eigenvalue weighted by Gasteiger charge is -2.18. The molecule has 0 fully saturated rings. The third-order valence-corrected chi connectivity index (χ3v) is 6.09. The normalized spacial score (nSPS) is 12.1. The number of ether oxygens (including phenoxy) is 1. The number of nitrogens with zero attached hydrogens (tertiary/aromatic N) is 3. The van der Waals surface area contributed by atoms with Crippen LogP contribution >= 0.6 is 0 Å². The molecule has 0 bridgehead atoms. The summed E-state index contributed by atoms with van der Waals surface area (Å²) >= 11 is 0. The van der Waals surface area contributed by atoms with Crippen LogP contribution in [0.25, 0.3) is 27.7 Å². The van der Waals surface area contributed by atoms with Crippen molar-refractivity contribution < 1.29 is 14.2 Å². The van der Waals surface area contributed by atoms with Crippen LogP contribution < -0.4 is 10.9 Å². The second kappa shape index (κ2) is 9.37. The Labute approximate surface area is 206 Å². The maximum Gasteiger partial charge on any atom is 0.258 e. The van der Waals surface area contributed by atoms with Crippen LogP contribution in [0.3, 0.4) is 0 Å². The van der Waals surface area contributed by atoms with Gasteiger partial charge in [-0.2, -0.15) is 5.10 Å². The van der Waals surface area contributed by atoms with E-state index in [4.69, 9.17) is 9.84 Å². The van der Waals surface area contributed by atoms with E-state index in [0.717, 1.165) is 11.3 Å². The molecule has 0 amide bonds. The summed E-state index contributed by atoms with van der Waals surface area (Å²) in [6.07, 6.45) is 0.0238. The number of aliphatic hydroxyl groups is 1. The average Bonchev–Trinajstić information content (AvgIpc) is 3.20. The summed E-state index contributed by atoms with van der Waals surface area (Å²) in [4.78, 5) is 18.9. The number of benzene rings is 3. The van der Waals surface area contributed by atoms with E-state index < -0.39 is 17.7 Å². The SMILES string of the molecule is COC(O)c1ccccc1Nc1c(-c2cc(F)c3nc[nH]c(=O)c3c2)c(C)nn1-c1ccccc1C. The fraction of sp³-hybridized carbons (Fsp3) is 0.148. The van der Waals surface area contributed by atoms with E-state index in [-0.39, 0.29) is 10.9 Å². The minimum absolute atomic E-state index is 0.00507. The highest BCUT2D eigenvalue weighted by atomic mass is 19.1. The van der Waals surface area contributed by atoms with Crippen molar-refractivity contribution in [2.45, 2.75) is 20.1 Å². The molecular formula is C27H24FN5O3. The van der Waals surface area contributed by atoms with Crippen molar-refractivity contribution in [2.24, 2.45) is 0 Å². The largest absolute Gasteiger partial charge is 0.364 e. The second-order valence-electron chi connectivity index (χ2n) is 8.39. The number of halogens is 1. The number of hydrogen-bond acceptors (Lipinski definition) is 6. The number of aromatic nitrogens is 4. The summed E-state index contributed by atoms with van der Waals surface area (Å²) in [5.41, 5.74) is 4.14. The zero-order valence-corrected chi connectivity index (χ0v) is 19.9. The van der Waals surface area contributed by atoms with Crippen LogP contribution in [0.2, 0.25) is 0 Å². The molecule has 0 aliphatic rings. The van der Waals surface area contributed by atoms with Crippen molar-refractivity contribution in [1.82, 2.24) is 19.7 Å². The van der Waals surface area contributed by atoms with E-state index in [2.05, 4.69) is 15.3 Å². The monoisotopic (exact) mass is 485 g/mol. The minimum atomic E-state index is -1.16. The van der Waals surface area contributed by atoms with Crippen molar-refractivity contribution in [2.75, 3.05) is 12.4 Å². The van der Waals surface area contributed by atoms with Gasteiger partial charge >= 0.3 is 0 Å². The number of methoxy groups -OCH3 is 1. The highest BCUT2D eigenvalue weighted by Crippen LogP contribution is 2.38. The van der Waals surface area contributed by atoms with Crippen LogP contribution in [0.15, 0.2) is 71.8 Å². The maximum absolute atomic E-state index is 15.1. The van der Waals surface area contributed by atoms with E-state index in [0.29, 0.717) is 33.9 Å². The number of hydrogen-bond donors (Lipinski definition) is 3. The van der Waals surface area contributed by atoms with Gasteiger partial charge in [-0.05, 0) is 49.2 Å². The summed E-state index contributed by atoms with van der Waals surface area (Å²) in [6, 6.07) is 17.9. The molecule has 0 saturated carbocycles. The number of fused-ring (bicyclic) bond motifs is 1. The van der Waals surface area contributed by atoms with Gasteiger partial charge in [0.15, 0.2) is 6.29 Å². The molecule has 0 aliphatic heterocycles. The molecule has 2 heterocycles. The van der Waals surface area contributed by atoms with Gasteiger partial charge in [0.25, 0.3) is 5.56 Å². The van der Waals surface area contributed by atoms with Crippen molar-refractivity contribution in [1.29, 1.82) is 0 Å². The Balaban J connectivity index is 1.79. The summed E-state index contributed by atoms with van der Waals surface area (Å²) in [5, 5.41) is 18.7. The van der Waals surface area contributed by atoms with Gasteiger partial charge < -0.3 is 20.1 Å². The van der Waals surface area contributed by atoms with E-state index in [1.54, 1.807) is 22.9 Å². The Morgan fingerprint density at radius 2 is 1.86 bits per heavy atom. The van der Waals surface area contributed by atoms with Crippen LogP contribution in [0, 0.1) is 19.7 Å². The Hall–Kier alpha value is -4.34. The zero-order valence-electron chi connectivity index (χ0n) is 19.9. The van der Waals surface area contributed by atoms with E-state index in [1.807, 2.05) is 50.2 Å². The molecular weight excluding hydrogens is 461 g/mol. The number of aromatic amines is 1. The molecule has 8 nitrogen and oxygen atoms in total. The number of aliphatic hydroxyl groups excluding tert-OH is 1. The molecule has 0 aliphatic carbocycles. The molecule has 0 saturated heterocycles. The van der Waals surface area contributed by atoms with Crippen molar-refractivity contribution in [3.8, 4) is 16.8 Å². The van der Waals surface area contributed by atoms with Crippen LogP contribution in [-0.4, -0.2) is 32.0 Å². The number of aryl methyl sites for hydroxylation is 2. The third kappa shape index (κ3) is 4.04. The van der Waals surface area contributed by atoms with Crippen molar-refractivity contribution in [3.63, 3.8) is 0 Å². The standard InChI is InChI=1S/C27H24FN5O3/c1-15-8-4-7-11-22(15)33-25(31-21-10-6-5-9-18(21)27(35)36-3)23(16(2)32-33)17-12-19-24(20(28)13-17)29-14-30-26(19)34/h4-14,27,31,35H,1-3H3,(H,29,30,34). The summed E-state index contributed by atoms with van der Waals surface area (Å²) in [6.45, 7) is 3.79. The Bertz CT molecular complexity index is 1640. The Morgan fingerprint density at radius 1 is 1.11 bits per heavy atom. The number of rotatable bonds is 6. The average molecular weight is 486 g/mol. The van der Waals surface area contributed by atoms with Gasteiger partial charge in [-0.1, -0.05) is 36.4 Å². The highest BCUT2D eigenvalue weighted by Gasteiger charge is 2.23. The van der Waals surface area contributed by atoms with E-state index >= 15 is 4.39 Å². The fourth-order valence-electron chi connectivity index (χ4n) is 4.33. The molecule has 36 heavy (non-hydrogen) atoms. The maximum atomic E-state index is 15.1. The number of para-hydroxylation sites is 2. The van der Waals surface area contributed by atoms with Crippen molar-refractivity contribution >= 4 is 22.4 Å². The summed E-state index contributed by atoms with van der Waals surface area (Å²) in [7, 11) is 1.41. The smallest absolute Gasteiger partial charge is 0.258 e. The van der Waals surface area contributed by atoms with Crippen LogP contribution in [-0.2, 0) is 4.74 Å². The molecule has 9 heteroatoms. The van der Waals surface area contributed by atoms with E-state index in [1.165, 1.54) is 19.5 Å². The molecule has 0 radical (unpaired) electrons. The third-order valence-electron chi connectivity index (χ3n) is 6.09. The molecule has 3 N–H and O–H groups in total. The number of anilines is 2. The Morgan fingerprint density at radius 3 is 2.64 bits per heavy atom. The molecule has 1 unspecified atom stereocenters. The van der Waals surface area contributed by atoms with Crippen LogP contribution in [0.4, 0.5) is 15.9 Å². The highest BCUT2D eigenvalue weighted by molar-refractivity contribution is 5.89. The first-order valence-corrected chi connectivity index (χ1v) is 11.3.